The molecule has 3 N–H and O–H groups in total. The van der Waals surface area contributed by atoms with Gasteiger partial charge in [0.05, 0.1) is 11.9 Å². The summed E-state index contributed by atoms with van der Waals surface area (Å²) in [4.78, 5) is 11.7. The topological polar surface area (TPSA) is 96.5 Å². The van der Waals surface area contributed by atoms with E-state index in [9.17, 15) is 13.2 Å². The van der Waals surface area contributed by atoms with Gasteiger partial charge in [-0.2, -0.15) is 0 Å². The molecule has 0 unspecified atom stereocenters. The second-order valence-electron chi connectivity index (χ2n) is 5.48. The van der Waals surface area contributed by atoms with Crippen molar-refractivity contribution in [3.05, 3.63) is 35.4 Å². The molecule has 2 rings (SSSR count). The van der Waals surface area contributed by atoms with Crippen molar-refractivity contribution >= 4 is 16.1 Å². The third-order valence-corrected chi connectivity index (χ3v) is 4.99. The second kappa shape index (κ2) is 8.28. The average Bonchev–Trinajstić information content (AvgIpc) is 3.05. The van der Waals surface area contributed by atoms with Crippen LogP contribution >= 0.6 is 0 Å². The van der Waals surface area contributed by atoms with E-state index in [0.29, 0.717) is 18.7 Å². The average molecular weight is 341 g/mol. The van der Waals surface area contributed by atoms with Crippen LogP contribution in [0.3, 0.4) is 0 Å². The first-order valence-electron chi connectivity index (χ1n) is 7.61. The van der Waals surface area contributed by atoms with E-state index < -0.39 is 10.0 Å². The van der Waals surface area contributed by atoms with Crippen LogP contribution in [0.2, 0.25) is 0 Å². The molecule has 128 valence electrons. The largest absolute Gasteiger partial charge is 0.376 e. The summed E-state index contributed by atoms with van der Waals surface area (Å²) in [6, 6.07) is 6.87. The van der Waals surface area contributed by atoms with E-state index in [1.807, 2.05) is 0 Å². The van der Waals surface area contributed by atoms with Crippen molar-refractivity contribution < 1.29 is 17.9 Å². The third-order valence-electron chi connectivity index (χ3n) is 3.66. The Bertz CT molecular complexity index is 610. The SMILES string of the molecule is CNS(=O)(=O)Cc1ccc(CNC(=O)NC[C@H]2CCCO2)cc1. The lowest BCUT2D eigenvalue weighted by atomic mass is 10.1. The minimum absolute atomic E-state index is 0.0565. The highest BCUT2D eigenvalue weighted by atomic mass is 32.2. The lowest BCUT2D eigenvalue weighted by Gasteiger charge is -2.12. The van der Waals surface area contributed by atoms with Gasteiger partial charge in [0, 0.05) is 19.7 Å². The molecule has 0 aliphatic carbocycles. The molecule has 1 atom stereocenters. The van der Waals surface area contributed by atoms with Gasteiger partial charge in [0.1, 0.15) is 0 Å². The molecule has 7 nitrogen and oxygen atoms in total. The molecule has 1 aromatic carbocycles. The fraction of sp³-hybridized carbons (Fsp3) is 0.533. The lowest BCUT2D eigenvalue weighted by molar-refractivity contribution is 0.111. The highest BCUT2D eigenvalue weighted by Crippen LogP contribution is 2.10. The molecule has 1 heterocycles. The van der Waals surface area contributed by atoms with Gasteiger partial charge in [0.25, 0.3) is 0 Å². The Morgan fingerprint density at radius 1 is 1.22 bits per heavy atom. The van der Waals surface area contributed by atoms with Gasteiger partial charge in [0.15, 0.2) is 0 Å². The molecular weight excluding hydrogens is 318 g/mol. The highest BCUT2D eigenvalue weighted by Gasteiger charge is 2.15. The van der Waals surface area contributed by atoms with Gasteiger partial charge in [-0.15, -0.1) is 0 Å². The first-order valence-corrected chi connectivity index (χ1v) is 9.26. The van der Waals surface area contributed by atoms with Crippen LogP contribution in [-0.2, 0) is 27.1 Å². The van der Waals surface area contributed by atoms with Crippen LogP contribution in [0.25, 0.3) is 0 Å². The lowest BCUT2D eigenvalue weighted by Crippen LogP contribution is -2.39. The smallest absolute Gasteiger partial charge is 0.315 e. The maximum Gasteiger partial charge on any atom is 0.315 e. The first kappa shape index (κ1) is 17.7. The summed E-state index contributed by atoms with van der Waals surface area (Å²) in [6.45, 7) is 1.67. The van der Waals surface area contributed by atoms with Gasteiger partial charge in [-0.05, 0) is 31.0 Å². The van der Waals surface area contributed by atoms with E-state index in [0.717, 1.165) is 25.0 Å². The number of hydrogen-bond donors (Lipinski definition) is 3. The summed E-state index contributed by atoms with van der Waals surface area (Å²) in [6.07, 6.45) is 2.15. The normalized spacial score (nSPS) is 17.9. The van der Waals surface area contributed by atoms with Gasteiger partial charge >= 0.3 is 6.03 Å². The van der Waals surface area contributed by atoms with Gasteiger partial charge in [-0.3, -0.25) is 0 Å². The molecule has 1 aliphatic heterocycles. The summed E-state index contributed by atoms with van der Waals surface area (Å²) in [5.41, 5.74) is 1.61. The minimum Gasteiger partial charge on any atom is -0.376 e. The zero-order valence-corrected chi connectivity index (χ0v) is 14.0. The minimum atomic E-state index is -3.27. The maximum absolute atomic E-state index is 11.7. The van der Waals surface area contributed by atoms with Crippen molar-refractivity contribution in [2.24, 2.45) is 0 Å². The molecule has 2 amide bonds. The summed E-state index contributed by atoms with van der Waals surface area (Å²) in [5, 5.41) is 5.55. The Kier molecular flexibility index (Phi) is 6.37. The van der Waals surface area contributed by atoms with E-state index in [-0.39, 0.29) is 17.9 Å². The molecule has 0 radical (unpaired) electrons. The Balaban J connectivity index is 1.73. The number of hydrogen-bond acceptors (Lipinski definition) is 4. The molecule has 23 heavy (non-hydrogen) atoms. The van der Waals surface area contributed by atoms with Crippen LogP contribution < -0.4 is 15.4 Å². The molecular formula is C15H23N3O4S. The molecule has 1 aromatic rings. The highest BCUT2D eigenvalue weighted by molar-refractivity contribution is 7.88. The standard InChI is InChI=1S/C15H23N3O4S/c1-16-23(20,21)11-13-6-4-12(5-7-13)9-17-15(19)18-10-14-3-2-8-22-14/h4-7,14,16H,2-3,8-11H2,1H3,(H2,17,18,19)/t14-/m1/s1. The summed E-state index contributed by atoms with van der Waals surface area (Å²) in [5.74, 6) is -0.0565. The molecule has 1 saturated heterocycles. The predicted molar refractivity (Wildman–Crippen MR) is 87.3 cm³/mol. The van der Waals surface area contributed by atoms with E-state index in [1.165, 1.54) is 7.05 Å². The number of carbonyl (C=O) groups is 1. The Labute approximate surface area is 136 Å². The van der Waals surface area contributed by atoms with Crippen LogP contribution in [0.4, 0.5) is 4.79 Å². The number of ether oxygens (including phenoxy) is 1. The Morgan fingerprint density at radius 2 is 1.91 bits per heavy atom. The first-order chi connectivity index (χ1) is 11.0. The maximum atomic E-state index is 11.7. The summed E-state index contributed by atoms with van der Waals surface area (Å²) >= 11 is 0. The third kappa shape index (κ3) is 6.17. The molecule has 8 heteroatoms. The monoisotopic (exact) mass is 341 g/mol. The van der Waals surface area contributed by atoms with E-state index in [4.69, 9.17) is 4.74 Å². The van der Waals surface area contributed by atoms with Crippen LogP contribution in [-0.4, -0.2) is 40.8 Å². The summed E-state index contributed by atoms with van der Waals surface area (Å²) in [7, 11) is -1.88. The van der Waals surface area contributed by atoms with Crippen molar-refractivity contribution in [3.8, 4) is 0 Å². The van der Waals surface area contributed by atoms with E-state index >= 15 is 0 Å². The number of sulfonamides is 1. The number of amides is 2. The summed E-state index contributed by atoms with van der Waals surface area (Å²) < 4.78 is 30.6. The second-order valence-corrected chi connectivity index (χ2v) is 7.40. The number of benzene rings is 1. The van der Waals surface area contributed by atoms with Crippen LogP contribution in [0.15, 0.2) is 24.3 Å². The van der Waals surface area contributed by atoms with Crippen molar-refractivity contribution in [2.45, 2.75) is 31.2 Å². The van der Waals surface area contributed by atoms with Crippen molar-refractivity contribution in [3.63, 3.8) is 0 Å². The van der Waals surface area contributed by atoms with E-state index in [1.54, 1.807) is 24.3 Å². The van der Waals surface area contributed by atoms with Crippen molar-refractivity contribution in [1.29, 1.82) is 0 Å². The van der Waals surface area contributed by atoms with Gasteiger partial charge in [-0.1, -0.05) is 24.3 Å². The predicted octanol–water partition coefficient (Wildman–Crippen LogP) is 0.714. The number of rotatable bonds is 7. The van der Waals surface area contributed by atoms with Gasteiger partial charge in [-0.25, -0.2) is 17.9 Å². The van der Waals surface area contributed by atoms with Gasteiger partial charge < -0.3 is 15.4 Å². The number of carbonyl (C=O) groups excluding carboxylic acids is 1. The fourth-order valence-corrected chi connectivity index (χ4v) is 3.08. The fourth-order valence-electron chi connectivity index (χ4n) is 2.30. The number of nitrogens with one attached hydrogen (secondary N) is 3. The number of urea groups is 1. The molecule has 0 saturated carbocycles. The molecule has 0 aromatic heterocycles. The van der Waals surface area contributed by atoms with Crippen LogP contribution in [0.5, 0.6) is 0 Å². The Hall–Kier alpha value is -1.64. The molecule has 0 bridgehead atoms. The zero-order chi connectivity index (χ0) is 16.7. The van der Waals surface area contributed by atoms with Crippen molar-refractivity contribution in [2.75, 3.05) is 20.2 Å². The van der Waals surface area contributed by atoms with Crippen LogP contribution in [0.1, 0.15) is 24.0 Å². The van der Waals surface area contributed by atoms with Gasteiger partial charge in [0.2, 0.25) is 10.0 Å². The zero-order valence-electron chi connectivity index (χ0n) is 13.2. The molecule has 1 fully saturated rings. The van der Waals surface area contributed by atoms with Crippen LogP contribution in [0, 0.1) is 0 Å². The van der Waals surface area contributed by atoms with E-state index in [2.05, 4.69) is 15.4 Å². The molecule has 1 aliphatic rings. The Morgan fingerprint density at radius 3 is 2.52 bits per heavy atom. The molecule has 0 spiro atoms. The van der Waals surface area contributed by atoms with Crippen molar-refractivity contribution in [1.82, 2.24) is 15.4 Å². The quantitative estimate of drug-likeness (QED) is 0.681.